The number of likely N-dealkylation sites (tertiary alicyclic amines) is 1. The van der Waals surface area contributed by atoms with Crippen molar-refractivity contribution in [3.8, 4) is 0 Å². The van der Waals surface area contributed by atoms with Crippen LogP contribution in [-0.2, 0) is 10.9 Å². The highest BCUT2D eigenvalue weighted by molar-refractivity contribution is 9.10. The first-order valence-corrected chi connectivity index (χ1v) is 6.42. The minimum atomic E-state index is -4.84. The van der Waals surface area contributed by atoms with Crippen LogP contribution in [0.15, 0.2) is 16.6 Å². The molecule has 2 rings (SSSR count). The number of methoxy groups -OCH3 is 1. The van der Waals surface area contributed by atoms with Crippen LogP contribution < -0.4 is 0 Å². The molecule has 1 aliphatic rings. The molecule has 0 unspecified atom stereocenters. The molecule has 1 aromatic carbocycles. The van der Waals surface area contributed by atoms with E-state index in [4.69, 9.17) is 4.74 Å². The lowest BCUT2D eigenvalue weighted by Crippen LogP contribution is -2.54. The predicted octanol–water partition coefficient (Wildman–Crippen LogP) is 3.08. The number of ether oxygens (including phenoxy) is 1. The van der Waals surface area contributed by atoms with Gasteiger partial charge in [-0.15, -0.1) is 0 Å². The third kappa shape index (κ3) is 2.67. The van der Waals surface area contributed by atoms with Crippen molar-refractivity contribution in [1.82, 2.24) is 4.90 Å². The lowest BCUT2D eigenvalue weighted by Gasteiger charge is -2.38. The summed E-state index contributed by atoms with van der Waals surface area (Å²) in [5.41, 5.74) is -2.05. The van der Waals surface area contributed by atoms with Crippen molar-refractivity contribution in [2.75, 3.05) is 20.2 Å². The van der Waals surface area contributed by atoms with E-state index >= 15 is 0 Å². The van der Waals surface area contributed by atoms with Gasteiger partial charge in [0.25, 0.3) is 5.91 Å². The molecule has 1 fully saturated rings. The van der Waals surface area contributed by atoms with Gasteiger partial charge in [-0.25, -0.2) is 4.39 Å². The van der Waals surface area contributed by atoms with Gasteiger partial charge in [0.1, 0.15) is 5.82 Å². The summed E-state index contributed by atoms with van der Waals surface area (Å²) >= 11 is 2.92. The number of amides is 1. The van der Waals surface area contributed by atoms with E-state index < -0.39 is 29.0 Å². The quantitative estimate of drug-likeness (QED) is 0.763. The first-order chi connectivity index (χ1) is 9.25. The van der Waals surface area contributed by atoms with E-state index in [2.05, 4.69) is 15.9 Å². The van der Waals surface area contributed by atoms with Gasteiger partial charge in [0.05, 0.1) is 17.2 Å². The van der Waals surface area contributed by atoms with Crippen molar-refractivity contribution in [2.24, 2.45) is 0 Å². The first kappa shape index (κ1) is 15.2. The molecule has 0 radical (unpaired) electrons. The summed E-state index contributed by atoms with van der Waals surface area (Å²) in [5, 5.41) is 0. The molecule has 20 heavy (non-hydrogen) atoms. The van der Waals surface area contributed by atoms with E-state index in [1.54, 1.807) is 0 Å². The minimum Gasteiger partial charge on any atom is -0.378 e. The predicted molar refractivity (Wildman–Crippen MR) is 65.8 cm³/mol. The van der Waals surface area contributed by atoms with E-state index in [1.807, 2.05) is 0 Å². The van der Waals surface area contributed by atoms with E-state index in [0.717, 1.165) is 6.07 Å². The normalized spacial score (nSPS) is 16.2. The van der Waals surface area contributed by atoms with Crippen molar-refractivity contribution in [3.63, 3.8) is 0 Å². The van der Waals surface area contributed by atoms with E-state index in [0.29, 0.717) is 6.07 Å². The Kier molecular flexibility index (Phi) is 4.06. The maximum atomic E-state index is 14.0. The van der Waals surface area contributed by atoms with Gasteiger partial charge in [-0.3, -0.25) is 4.79 Å². The second-order valence-corrected chi connectivity index (χ2v) is 5.20. The smallest absolute Gasteiger partial charge is 0.378 e. The summed E-state index contributed by atoms with van der Waals surface area (Å²) in [7, 11) is 1.47. The van der Waals surface area contributed by atoms with E-state index in [1.165, 1.54) is 12.0 Å². The highest BCUT2D eigenvalue weighted by Gasteiger charge is 2.39. The van der Waals surface area contributed by atoms with Gasteiger partial charge in [-0.2, -0.15) is 13.2 Å². The Bertz CT molecular complexity index is 541. The third-order valence-electron chi connectivity index (χ3n) is 3.08. The molecule has 1 aromatic rings. The first-order valence-electron chi connectivity index (χ1n) is 5.63. The average molecular weight is 356 g/mol. The van der Waals surface area contributed by atoms with Gasteiger partial charge in [0.15, 0.2) is 0 Å². The summed E-state index contributed by atoms with van der Waals surface area (Å²) in [5.74, 6) is -2.34. The van der Waals surface area contributed by atoms with Crippen molar-refractivity contribution in [2.45, 2.75) is 12.3 Å². The number of benzene rings is 1. The average Bonchev–Trinajstić information content (AvgIpc) is 2.25. The van der Waals surface area contributed by atoms with Crippen molar-refractivity contribution < 1.29 is 27.1 Å². The topological polar surface area (TPSA) is 29.5 Å². The van der Waals surface area contributed by atoms with Gasteiger partial charge in [-0.1, -0.05) is 0 Å². The van der Waals surface area contributed by atoms with Crippen LogP contribution >= 0.6 is 15.9 Å². The van der Waals surface area contributed by atoms with Gasteiger partial charge in [0, 0.05) is 24.7 Å². The van der Waals surface area contributed by atoms with Gasteiger partial charge >= 0.3 is 6.18 Å². The number of hydrogen-bond acceptors (Lipinski definition) is 2. The summed E-state index contributed by atoms with van der Waals surface area (Å²) in [4.78, 5) is 13.3. The molecule has 1 heterocycles. The summed E-state index contributed by atoms with van der Waals surface area (Å²) in [6, 6.07) is 1.62. The van der Waals surface area contributed by atoms with Gasteiger partial charge in [-0.05, 0) is 28.1 Å². The summed E-state index contributed by atoms with van der Waals surface area (Å²) < 4.78 is 56.8. The fourth-order valence-corrected chi connectivity index (χ4v) is 2.35. The number of halogens is 5. The van der Waals surface area contributed by atoms with Crippen LogP contribution in [0.3, 0.4) is 0 Å². The largest absolute Gasteiger partial charge is 0.419 e. The molecule has 0 saturated carbocycles. The molecule has 8 heteroatoms. The Morgan fingerprint density at radius 3 is 2.50 bits per heavy atom. The van der Waals surface area contributed by atoms with Crippen LogP contribution in [0.1, 0.15) is 15.9 Å². The van der Waals surface area contributed by atoms with Crippen LogP contribution in [-0.4, -0.2) is 37.1 Å². The van der Waals surface area contributed by atoms with Crippen LogP contribution in [0.5, 0.6) is 0 Å². The number of carbonyl (C=O) groups excluding carboxylic acids is 1. The molecule has 1 amide bonds. The SMILES string of the molecule is COC1CN(C(=O)c2c(Br)ccc(C(F)(F)F)c2F)C1. The minimum absolute atomic E-state index is 0.00568. The van der Waals surface area contributed by atoms with Crippen LogP contribution in [0.25, 0.3) is 0 Å². The zero-order chi connectivity index (χ0) is 15.1. The van der Waals surface area contributed by atoms with Gasteiger partial charge in [0.2, 0.25) is 0 Å². The molecular formula is C12H10BrF4NO2. The second kappa shape index (κ2) is 5.33. The second-order valence-electron chi connectivity index (χ2n) is 4.35. The molecule has 0 atom stereocenters. The van der Waals surface area contributed by atoms with Crippen LogP contribution in [0.4, 0.5) is 17.6 Å². The Labute approximate surface area is 120 Å². The highest BCUT2D eigenvalue weighted by atomic mass is 79.9. The van der Waals surface area contributed by atoms with E-state index in [9.17, 15) is 22.4 Å². The van der Waals surface area contributed by atoms with Crippen LogP contribution in [0, 0.1) is 5.82 Å². The standard InChI is InChI=1S/C12H10BrF4NO2/c1-20-6-4-18(5-6)11(19)9-8(13)3-2-7(10(9)14)12(15,16)17/h2-3,6H,4-5H2,1H3. The Hall–Kier alpha value is -1.15. The van der Waals surface area contributed by atoms with Crippen molar-refractivity contribution in [1.29, 1.82) is 0 Å². The molecule has 1 aliphatic heterocycles. The van der Waals surface area contributed by atoms with Crippen molar-refractivity contribution >= 4 is 21.8 Å². The van der Waals surface area contributed by atoms with Gasteiger partial charge < -0.3 is 9.64 Å². The fraction of sp³-hybridized carbons (Fsp3) is 0.417. The number of carbonyl (C=O) groups is 1. The molecular weight excluding hydrogens is 346 g/mol. The zero-order valence-corrected chi connectivity index (χ0v) is 11.9. The highest BCUT2D eigenvalue weighted by Crippen LogP contribution is 2.35. The monoisotopic (exact) mass is 355 g/mol. The van der Waals surface area contributed by atoms with E-state index in [-0.39, 0.29) is 23.7 Å². The zero-order valence-electron chi connectivity index (χ0n) is 10.3. The Morgan fingerprint density at radius 1 is 1.40 bits per heavy atom. The molecule has 0 N–H and O–H groups in total. The van der Waals surface area contributed by atoms with Crippen LogP contribution in [0.2, 0.25) is 0 Å². The Balaban J connectivity index is 2.34. The number of nitrogens with zero attached hydrogens (tertiary/aromatic N) is 1. The Morgan fingerprint density at radius 2 is 2.00 bits per heavy atom. The number of rotatable bonds is 2. The lowest BCUT2D eigenvalue weighted by atomic mass is 10.0. The van der Waals surface area contributed by atoms with Crippen molar-refractivity contribution in [3.05, 3.63) is 33.5 Å². The lowest BCUT2D eigenvalue weighted by molar-refractivity contribution is -0.140. The summed E-state index contributed by atoms with van der Waals surface area (Å²) in [6.45, 7) is 0.467. The molecule has 3 nitrogen and oxygen atoms in total. The summed E-state index contributed by atoms with van der Waals surface area (Å²) in [6.07, 6.45) is -5.00. The third-order valence-corrected chi connectivity index (χ3v) is 3.74. The molecule has 0 spiro atoms. The molecule has 110 valence electrons. The number of hydrogen-bond donors (Lipinski definition) is 0. The molecule has 1 saturated heterocycles. The fourth-order valence-electron chi connectivity index (χ4n) is 1.88. The maximum Gasteiger partial charge on any atom is 0.419 e. The molecule has 0 aromatic heterocycles. The molecule has 0 bridgehead atoms. The maximum absolute atomic E-state index is 14.0. The molecule has 0 aliphatic carbocycles. The number of alkyl halides is 3.